The fourth-order valence-electron chi connectivity index (χ4n) is 2.52. The quantitative estimate of drug-likeness (QED) is 0.894. The van der Waals surface area contributed by atoms with Crippen LogP contribution >= 0.6 is 23.1 Å². The van der Waals surface area contributed by atoms with Gasteiger partial charge in [0.15, 0.2) is 0 Å². The van der Waals surface area contributed by atoms with Crippen molar-refractivity contribution in [2.75, 3.05) is 6.26 Å². The molecule has 1 aromatic rings. The highest BCUT2D eigenvalue weighted by Gasteiger charge is 2.28. The van der Waals surface area contributed by atoms with Crippen molar-refractivity contribution < 1.29 is 0 Å². The van der Waals surface area contributed by atoms with Crippen LogP contribution in [0.2, 0.25) is 0 Å². The van der Waals surface area contributed by atoms with Gasteiger partial charge in [-0.25, -0.2) is 4.98 Å². The summed E-state index contributed by atoms with van der Waals surface area (Å²) in [5.74, 6) is 0. The van der Waals surface area contributed by atoms with Crippen molar-refractivity contribution in [2.45, 2.75) is 50.4 Å². The summed E-state index contributed by atoms with van der Waals surface area (Å²) in [5, 5.41) is 4.57. The highest BCUT2D eigenvalue weighted by atomic mass is 32.2. The Bertz CT molecular complexity index is 338. The molecule has 2 rings (SSSR count). The zero-order valence-electron chi connectivity index (χ0n) is 10.2. The van der Waals surface area contributed by atoms with Crippen molar-refractivity contribution in [3.63, 3.8) is 0 Å². The average molecular weight is 256 g/mol. The number of hydrogen-bond acceptors (Lipinski definition) is 4. The average Bonchev–Trinajstić information content (AvgIpc) is 2.86. The van der Waals surface area contributed by atoms with Gasteiger partial charge >= 0.3 is 0 Å². The first-order chi connectivity index (χ1) is 7.72. The number of thiazole rings is 1. The normalized spacial score (nSPS) is 27.2. The van der Waals surface area contributed by atoms with Crippen LogP contribution in [-0.2, 0) is 0 Å². The van der Waals surface area contributed by atoms with Crippen LogP contribution in [0.5, 0.6) is 0 Å². The summed E-state index contributed by atoms with van der Waals surface area (Å²) >= 11 is 3.78. The van der Waals surface area contributed by atoms with Gasteiger partial charge in [-0.15, -0.1) is 11.3 Å². The van der Waals surface area contributed by atoms with E-state index in [4.69, 9.17) is 0 Å². The van der Waals surface area contributed by atoms with Gasteiger partial charge in [0.1, 0.15) is 0 Å². The Hall–Kier alpha value is -0.0600. The van der Waals surface area contributed by atoms with Crippen molar-refractivity contribution in [3.8, 4) is 0 Å². The number of nitrogens with zero attached hydrogens (tertiary/aromatic N) is 1. The Kier molecular flexibility index (Phi) is 4.27. The molecule has 1 N–H and O–H groups in total. The van der Waals surface area contributed by atoms with Gasteiger partial charge in [0.2, 0.25) is 0 Å². The van der Waals surface area contributed by atoms with Gasteiger partial charge in [0, 0.05) is 22.2 Å². The SMILES string of the molecule is CSC1CCCC1NC(C)c1scnc1C. The van der Waals surface area contributed by atoms with E-state index < -0.39 is 0 Å². The smallest absolute Gasteiger partial charge is 0.0798 e. The predicted molar refractivity (Wildman–Crippen MR) is 73.3 cm³/mol. The zero-order chi connectivity index (χ0) is 11.5. The second-order valence-corrected chi connectivity index (χ2v) is 6.47. The Labute approximate surface area is 106 Å². The van der Waals surface area contributed by atoms with E-state index in [0.29, 0.717) is 12.1 Å². The van der Waals surface area contributed by atoms with E-state index in [0.717, 1.165) is 5.25 Å². The standard InChI is InChI=1S/C12H20N2S2/c1-8-12(16-7-13-8)9(2)14-10-5-4-6-11(10)15-3/h7,9-11,14H,4-6H2,1-3H3. The van der Waals surface area contributed by atoms with Crippen molar-refractivity contribution in [1.29, 1.82) is 0 Å². The fourth-order valence-corrected chi connectivity index (χ4v) is 4.29. The maximum Gasteiger partial charge on any atom is 0.0798 e. The van der Waals surface area contributed by atoms with Crippen molar-refractivity contribution in [3.05, 3.63) is 16.1 Å². The highest BCUT2D eigenvalue weighted by molar-refractivity contribution is 7.99. The minimum absolute atomic E-state index is 0.449. The van der Waals surface area contributed by atoms with Gasteiger partial charge in [0.25, 0.3) is 0 Å². The Morgan fingerprint density at radius 1 is 1.56 bits per heavy atom. The Morgan fingerprint density at radius 3 is 3.00 bits per heavy atom. The van der Waals surface area contributed by atoms with E-state index >= 15 is 0 Å². The molecule has 3 unspecified atom stereocenters. The molecule has 1 aliphatic carbocycles. The van der Waals surface area contributed by atoms with Crippen molar-refractivity contribution in [1.82, 2.24) is 10.3 Å². The van der Waals surface area contributed by atoms with Gasteiger partial charge in [-0.3, -0.25) is 0 Å². The molecule has 1 aliphatic rings. The number of aromatic nitrogens is 1. The zero-order valence-corrected chi connectivity index (χ0v) is 11.8. The van der Waals surface area contributed by atoms with Crippen LogP contribution in [0.4, 0.5) is 0 Å². The molecule has 4 heteroatoms. The van der Waals surface area contributed by atoms with E-state index in [2.05, 4.69) is 30.4 Å². The molecule has 16 heavy (non-hydrogen) atoms. The molecule has 1 heterocycles. The van der Waals surface area contributed by atoms with Crippen molar-refractivity contribution >= 4 is 23.1 Å². The minimum Gasteiger partial charge on any atom is -0.306 e. The lowest BCUT2D eigenvalue weighted by molar-refractivity contribution is 0.470. The summed E-state index contributed by atoms with van der Waals surface area (Å²) in [6, 6.07) is 1.14. The van der Waals surface area contributed by atoms with Gasteiger partial charge in [-0.2, -0.15) is 11.8 Å². The van der Waals surface area contributed by atoms with Crippen LogP contribution < -0.4 is 5.32 Å². The number of hydrogen-bond donors (Lipinski definition) is 1. The Balaban J connectivity index is 1.97. The monoisotopic (exact) mass is 256 g/mol. The highest BCUT2D eigenvalue weighted by Crippen LogP contribution is 2.31. The number of nitrogens with one attached hydrogen (secondary N) is 1. The van der Waals surface area contributed by atoms with Gasteiger partial charge in [0.05, 0.1) is 11.2 Å². The maximum atomic E-state index is 4.32. The largest absolute Gasteiger partial charge is 0.306 e. The molecule has 0 aromatic carbocycles. The lowest BCUT2D eigenvalue weighted by Gasteiger charge is -2.23. The summed E-state index contributed by atoms with van der Waals surface area (Å²) in [5.41, 5.74) is 3.13. The first-order valence-electron chi connectivity index (χ1n) is 5.91. The van der Waals surface area contributed by atoms with Gasteiger partial charge in [-0.1, -0.05) is 6.42 Å². The van der Waals surface area contributed by atoms with Crippen LogP contribution in [-0.4, -0.2) is 22.5 Å². The third-order valence-electron chi connectivity index (χ3n) is 3.40. The maximum absolute atomic E-state index is 4.32. The van der Waals surface area contributed by atoms with E-state index in [1.807, 2.05) is 17.3 Å². The molecule has 1 fully saturated rings. The van der Waals surface area contributed by atoms with E-state index in [9.17, 15) is 0 Å². The third-order valence-corrected chi connectivity index (χ3v) is 5.68. The second-order valence-electron chi connectivity index (χ2n) is 4.50. The van der Waals surface area contributed by atoms with E-state index in [1.165, 1.54) is 29.8 Å². The summed E-state index contributed by atoms with van der Waals surface area (Å²) in [6.45, 7) is 4.36. The first kappa shape index (κ1) is 12.4. The molecule has 0 amide bonds. The lowest BCUT2D eigenvalue weighted by atomic mass is 10.2. The van der Waals surface area contributed by atoms with E-state index in [1.54, 1.807) is 11.3 Å². The fraction of sp³-hybridized carbons (Fsp3) is 0.750. The third kappa shape index (κ3) is 2.60. The molecule has 0 radical (unpaired) electrons. The lowest BCUT2D eigenvalue weighted by Crippen LogP contribution is -2.35. The van der Waals surface area contributed by atoms with E-state index in [-0.39, 0.29) is 0 Å². The van der Waals surface area contributed by atoms with Crippen molar-refractivity contribution in [2.24, 2.45) is 0 Å². The molecular formula is C12H20N2S2. The van der Waals surface area contributed by atoms with Gasteiger partial charge in [-0.05, 0) is 32.9 Å². The molecule has 90 valence electrons. The molecular weight excluding hydrogens is 236 g/mol. The summed E-state index contributed by atoms with van der Waals surface area (Å²) < 4.78 is 0. The predicted octanol–water partition coefficient (Wildman–Crippen LogP) is 3.39. The molecule has 2 nitrogen and oxygen atoms in total. The summed E-state index contributed by atoms with van der Waals surface area (Å²) in [4.78, 5) is 5.72. The summed E-state index contributed by atoms with van der Waals surface area (Å²) in [6.07, 6.45) is 6.30. The molecule has 1 saturated carbocycles. The van der Waals surface area contributed by atoms with Crippen LogP contribution in [0.3, 0.4) is 0 Å². The first-order valence-corrected chi connectivity index (χ1v) is 8.08. The number of aryl methyl sites for hydroxylation is 1. The molecule has 1 aromatic heterocycles. The molecule has 0 bridgehead atoms. The van der Waals surface area contributed by atoms with Gasteiger partial charge < -0.3 is 5.32 Å². The number of rotatable bonds is 4. The summed E-state index contributed by atoms with van der Waals surface area (Å²) in [7, 11) is 0. The van der Waals surface area contributed by atoms with Crippen LogP contribution in [0, 0.1) is 6.92 Å². The second kappa shape index (κ2) is 5.52. The molecule has 3 atom stereocenters. The molecule has 0 aliphatic heterocycles. The van der Waals surface area contributed by atoms with Crippen LogP contribution in [0.15, 0.2) is 5.51 Å². The minimum atomic E-state index is 0.449. The van der Waals surface area contributed by atoms with Crippen LogP contribution in [0.25, 0.3) is 0 Å². The molecule has 0 saturated heterocycles. The topological polar surface area (TPSA) is 24.9 Å². The number of thioether (sulfide) groups is 1. The molecule has 0 spiro atoms. The Morgan fingerprint density at radius 2 is 2.38 bits per heavy atom. The van der Waals surface area contributed by atoms with Crippen LogP contribution in [0.1, 0.15) is 42.8 Å².